The zero-order chi connectivity index (χ0) is 16.8. The summed E-state index contributed by atoms with van der Waals surface area (Å²) in [6, 6.07) is 13.1. The van der Waals surface area contributed by atoms with Gasteiger partial charge in [-0.3, -0.25) is 4.79 Å². The highest BCUT2D eigenvalue weighted by atomic mass is 35.5. The molecule has 0 aliphatic carbocycles. The molecule has 0 bridgehead atoms. The third-order valence-corrected chi connectivity index (χ3v) is 5.11. The summed E-state index contributed by atoms with van der Waals surface area (Å²) in [7, 11) is 1.49. The number of carbonyl (C=O) groups excluding carboxylic acids is 1. The molecule has 1 aliphatic rings. The highest BCUT2D eigenvalue weighted by molar-refractivity contribution is 6.61. The number of alkyl halides is 2. The Kier molecular flexibility index (Phi) is 3.91. The number of ether oxygens (including phenoxy) is 1. The fraction of sp³-hybridized carbons (Fsp3) is 0.278. The minimum absolute atomic E-state index is 0.363. The number of nitrogens with one attached hydrogen (secondary N) is 1. The summed E-state index contributed by atoms with van der Waals surface area (Å²) in [5.74, 6) is -0.363. The molecule has 0 fully saturated rings. The summed E-state index contributed by atoms with van der Waals surface area (Å²) in [6.45, 7) is 3.84. The summed E-state index contributed by atoms with van der Waals surface area (Å²) in [6.07, 6.45) is 0. The van der Waals surface area contributed by atoms with E-state index in [-0.39, 0.29) is 5.78 Å². The van der Waals surface area contributed by atoms with Gasteiger partial charge < -0.3 is 10.1 Å². The van der Waals surface area contributed by atoms with Crippen molar-refractivity contribution in [2.24, 2.45) is 0 Å². The average Bonchev–Trinajstić information content (AvgIpc) is 2.51. The Morgan fingerprint density at radius 1 is 1.09 bits per heavy atom. The van der Waals surface area contributed by atoms with E-state index in [0.29, 0.717) is 16.8 Å². The zero-order valence-corrected chi connectivity index (χ0v) is 14.6. The molecule has 23 heavy (non-hydrogen) atoms. The molecule has 1 heterocycles. The van der Waals surface area contributed by atoms with E-state index in [1.807, 2.05) is 56.3 Å². The van der Waals surface area contributed by atoms with Crippen LogP contribution < -0.4 is 5.32 Å². The average molecular weight is 350 g/mol. The van der Waals surface area contributed by atoms with Crippen LogP contribution in [0, 0.1) is 13.8 Å². The van der Waals surface area contributed by atoms with Crippen LogP contribution in [0.25, 0.3) is 0 Å². The third-order valence-electron chi connectivity index (χ3n) is 4.23. The quantitative estimate of drug-likeness (QED) is 0.806. The summed E-state index contributed by atoms with van der Waals surface area (Å²) >= 11 is 13.1. The minimum atomic E-state index is -1.80. The fourth-order valence-corrected chi connectivity index (χ4v) is 3.83. The standard InChI is InChI=1S/C18H17Cl2NO2/c1-11-9-12(2)15-14(10-11)21-18(23-3,17(19,20)16(15)22)13-7-5-4-6-8-13/h4-10,21H,1-3H3. The number of methoxy groups -OCH3 is 1. The second-order valence-electron chi connectivity index (χ2n) is 5.78. The lowest BCUT2D eigenvalue weighted by atomic mass is 9.85. The van der Waals surface area contributed by atoms with Crippen LogP contribution in [-0.2, 0) is 10.5 Å². The minimum Gasteiger partial charge on any atom is -0.352 e. The van der Waals surface area contributed by atoms with Crippen LogP contribution in [0.2, 0.25) is 0 Å². The molecule has 0 amide bonds. The lowest BCUT2D eigenvalue weighted by Crippen LogP contribution is -2.58. The molecule has 0 saturated heterocycles. The number of hydrogen-bond acceptors (Lipinski definition) is 3. The molecule has 0 saturated carbocycles. The van der Waals surface area contributed by atoms with Crippen LogP contribution in [0.15, 0.2) is 42.5 Å². The highest BCUT2D eigenvalue weighted by Crippen LogP contribution is 2.51. The number of benzene rings is 2. The van der Waals surface area contributed by atoms with Crippen molar-refractivity contribution in [2.75, 3.05) is 12.4 Å². The van der Waals surface area contributed by atoms with Gasteiger partial charge in [0.05, 0.1) is 0 Å². The van der Waals surface area contributed by atoms with Gasteiger partial charge in [-0.25, -0.2) is 0 Å². The first-order valence-electron chi connectivity index (χ1n) is 7.26. The predicted molar refractivity (Wildman–Crippen MR) is 93.4 cm³/mol. The first-order chi connectivity index (χ1) is 10.8. The molecule has 0 aromatic heterocycles. The molecule has 2 aromatic rings. The third kappa shape index (κ3) is 2.26. The van der Waals surface area contributed by atoms with Crippen LogP contribution in [0.5, 0.6) is 0 Å². The number of halogens is 2. The molecule has 0 radical (unpaired) electrons. The van der Waals surface area contributed by atoms with Gasteiger partial charge in [0.1, 0.15) is 0 Å². The molecular weight excluding hydrogens is 333 g/mol. The second-order valence-corrected chi connectivity index (χ2v) is 7.11. The normalized spacial score (nSPS) is 22.4. The maximum absolute atomic E-state index is 13.0. The van der Waals surface area contributed by atoms with Gasteiger partial charge in [0, 0.05) is 23.9 Å². The van der Waals surface area contributed by atoms with Gasteiger partial charge in [-0.05, 0) is 31.0 Å². The number of carbonyl (C=O) groups is 1. The van der Waals surface area contributed by atoms with Crippen molar-refractivity contribution in [3.8, 4) is 0 Å². The first-order valence-corrected chi connectivity index (χ1v) is 8.02. The molecule has 5 heteroatoms. The van der Waals surface area contributed by atoms with E-state index < -0.39 is 10.1 Å². The maximum atomic E-state index is 13.0. The smallest absolute Gasteiger partial charge is 0.231 e. The van der Waals surface area contributed by atoms with Crippen molar-refractivity contribution in [3.05, 3.63) is 64.7 Å². The first kappa shape index (κ1) is 16.3. The van der Waals surface area contributed by atoms with E-state index >= 15 is 0 Å². The number of anilines is 1. The van der Waals surface area contributed by atoms with E-state index in [2.05, 4.69) is 5.32 Å². The monoisotopic (exact) mass is 349 g/mol. The van der Waals surface area contributed by atoms with Gasteiger partial charge in [-0.2, -0.15) is 0 Å². The molecule has 3 rings (SSSR count). The molecule has 120 valence electrons. The van der Waals surface area contributed by atoms with E-state index in [9.17, 15) is 4.79 Å². The zero-order valence-electron chi connectivity index (χ0n) is 13.1. The van der Waals surface area contributed by atoms with Gasteiger partial charge in [0.25, 0.3) is 0 Å². The SMILES string of the molecule is COC1(c2ccccc2)Nc2cc(C)cc(C)c2C(=O)C1(Cl)Cl. The molecule has 1 unspecified atom stereocenters. The van der Waals surface area contributed by atoms with Crippen LogP contribution in [0.3, 0.4) is 0 Å². The van der Waals surface area contributed by atoms with Crippen molar-refractivity contribution < 1.29 is 9.53 Å². The van der Waals surface area contributed by atoms with Gasteiger partial charge in [0.2, 0.25) is 15.8 Å². The molecule has 2 aromatic carbocycles. The summed E-state index contributed by atoms with van der Waals surface area (Å²) in [5.41, 5.74) is 2.38. The van der Waals surface area contributed by atoms with Crippen molar-refractivity contribution in [1.82, 2.24) is 0 Å². The van der Waals surface area contributed by atoms with Gasteiger partial charge >= 0.3 is 0 Å². The predicted octanol–water partition coefficient (Wildman–Crippen LogP) is 4.58. The number of rotatable bonds is 2. The van der Waals surface area contributed by atoms with Crippen molar-refractivity contribution >= 4 is 34.7 Å². The molecular formula is C18H17Cl2NO2. The Labute approximate surface area is 145 Å². The van der Waals surface area contributed by atoms with Crippen LogP contribution >= 0.6 is 23.2 Å². The van der Waals surface area contributed by atoms with Crippen LogP contribution in [-0.4, -0.2) is 17.2 Å². The number of fused-ring (bicyclic) bond motifs is 1. The van der Waals surface area contributed by atoms with E-state index in [0.717, 1.165) is 11.1 Å². The molecule has 1 N–H and O–H groups in total. The number of aryl methyl sites for hydroxylation is 2. The highest BCUT2D eigenvalue weighted by Gasteiger charge is 2.60. The van der Waals surface area contributed by atoms with E-state index in [1.165, 1.54) is 7.11 Å². The Bertz CT molecular complexity index is 774. The van der Waals surface area contributed by atoms with E-state index in [1.54, 1.807) is 0 Å². The Morgan fingerprint density at radius 3 is 2.35 bits per heavy atom. The lowest BCUT2D eigenvalue weighted by molar-refractivity contribution is -0.00296. The summed E-state index contributed by atoms with van der Waals surface area (Å²) in [4.78, 5) is 13.0. The van der Waals surface area contributed by atoms with Crippen molar-refractivity contribution in [2.45, 2.75) is 23.9 Å². The van der Waals surface area contributed by atoms with E-state index in [4.69, 9.17) is 27.9 Å². The van der Waals surface area contributed by atoms with Gasteiger partial charge in [0.15, 0.2) is 0 Å². The van der Waals surface area contributed by atoms with Crippen LogP contribution in [0.4, 0.5) is 5.69 Å². The van der Waals surface area contributed by atoms with Gasteiger partial charge in [-0.15, -0.1) is 0 Å². The molecule has 3 nitrogen and oxygen atoms in total. The largest absolute Gasteiger partial charge is 0.352 e. The van der Waals surface area contributed by atoms with Gasteiger partial charge in [-0.1, -0.05) is 59.6 Å². The Morgan fingerprint density at radius 2 is 1.74 bits per heavy atom. The number of Topliss-reactive ketones (excluding diaryl/α,β-unsaturated/α-hetero) is 1. The Hall–Kier alpha value is -1.55. The molecule has 1 atom stereocenters. The van der Waals surface area contributed by atoms with Crippen LogP contribution in [0.1, 0.15) is 27.0 Å². The molecule has 0 spiro atoms. The van der Waals surface area contributed by atoms with Crippen molar-refractivity contribution in [3.63, 3.8) is 0 Å². The summed E-state index contributed by atoms with van der Waals surface area (Å²) < 4.78 is 3.90. The second kappa shape index (κ2) is 5.52. The fourth-order valence-electron chi connectivity index (χ4n) is 3.18. The maximum Gasteiger partial charge on any atom is 0.231 e. The topological polar surface area (TPSA) is 38.3 Å². The van der Waals surface area contributed by atoms with Crippen molar-refractivity contribution in [1.29, 1.82) is 0 Å². The number of ketones is 1. The molecule has 1 aliphatic heterocycles. The number of hydrogen-bond donors (Lipinski definition) is 1. The Balaban J connectivity index is 2.29. The summed E-state index contributed by atoms with van der Waals surface area (Å²) in [5, 5.41) is 3.27. The lowest BCUT2D eigenvalue weighted by Gasteiger charge is -2.46.